The van der Waals surface area contributed by atoms with Crippen molar-refractivity contribution in [3.8, 4) is 45.6 Å². The van der Waals surface area contributed by atoms with Gasteiger partial charge in [0, 0.05) is 149 Å². The number of methoxy groups -OCH3 is 2. The number of piperazine rings is 1. The molecule has 23 heteroatoms. The molecule has 0 radical (unpaired) electrons. The number of benzene rings is 4. The Balaban J connectivity index is 0.00000686. The van der Waals surface area contributed by atoms with Gasteiger partial charge < -0.3 is 60.3 Å². The predicted molar refractivity (Wildman–Crippen MR) is 370 cm³/mol. The largest absolute Gasteiger partial charge is 0.493 e. The maximum Gasteiger partial charge on any atom is 0.328 e. The number of aromatic nitrogens is 3. The molecule has 1 saturated heterocycles. The van der Waals surface area contributed by atoms with Crippen molar-refractivity contribution in [3.05, 3.63) is 123 Å². The summed E-state index contributed by atoms with van der Waals surface area (Å²) < 4.78 is 36.5. The van der Waals surface area contributed by atoms with Gasteiger partial charge in [-0.1, -0.05) is 18.6 Å². The highest BCUT2D eigenvalue weighted by Crippen LogP contribution is 2.40. The molecule has 6 aromatic rings. The van der Waals surface area contributed by atoms with Gasteiger partial charge in [0.2, 0.25) is 5.91 Å². The third-order valence-electron chi connectivity index (χ3n) is 16.2. The van der Waals surface area contributed by atoms with Crippen LogP contribution in [0.5, 0.6) is 34.5 Å². The van der Waals surface area contributed by atoms with E-state index in [2.05, 4.69) is 25.2 Å². The molecule has 8 rings (SSSR count). The highest BCUT2D eigenvalue weighted by Gasteiger charge is 2.24. The van der Waals surface area contributed by atoms with Gasteiger partial charge in [-0.05, 0) is 157 Å². The molecule has 3 heterocycles. The number of hydrogen-bond acceptors (Lipinski definition) is 18. The molecule has 1 fully saturated rings. The smallest absolute Gasteiger partial charge is 0.328 e. The first-order chi connectivity index (χ1) is 43.8. The number of unbranched alkanes of at least 4 members (excludes halogenated alkanes) is 2. The number of allylic oxidation sites excluding steroid dienone is 4. The summed E-state index contributed by atoms with van der Waals surface area (Å²) in [5.41, 5.74) is 7.93. The van der Waals surface area contributed by atoms with Crippen LogP contribution in [0.3, 0.4) is 0 Å². The minimum Gasteiger partial charge on any atom is -0.493 e. The molecule has 0 atom stereocenters. The lowest BCUT2D eigenvalue weighted by Crippen LogP contribution is -2.48. The summed E-state index contributed by atoms with van der Waals surface area (Å²) in [4.78, 5) is 77.8. The van der Waals surface area contributed by atoms with E-state index in [4.69, 9.17) is 34.1 Å². The first-order valence-electron chi connectivity index (χ1n) is 31.6. The number of aryl methyl sites for hydroxylation is 2. The zero-order valence-corrected chi connectivity index (χ0v) is 56.4. The van der Waals surface area contributed by atoms with Crippen LogP contribution < -0.4 is 49.6 Å². The number of nitrogens with zero attached hydrogens (tertiary/aromatic N) is 6. The molecule has 0 spiro atoms. The van der Waals surface area contributed by atoms with Crippen molar-refractivity contribution in [1.29, 1.82) is 5.41 Å². The topological polar surface area (TPSA) is 287 Å². The van der Waals surface area contributed by atoms with Gasteiger partial charge >= 0.3 is 5.69 Å². The SMILES string of the molecule is CCCOc1cc(OCCCCN(C)CC(=O)CCCCC(=O)NCCN2CCN(c3ccc(-c4cc(NC(C)C)c(C=N)c(C(=O)CCC5=C(C)C=C(C)CC5=O)c4)cn3)CC2)cc(Oc2cc3c(cc2NSc2ccc(OC)c(OC)c2)n(C)c(=O)n3C)c1.O.O. The number of likely N-dealkylation sites (N-methyl/N-ethyl adjacent to an activating group) is 1. The number of rotatable bonds is 35. The van der Waals surface area contributed by atoms with Crippen molar-refractivity contribution in [2.75, 3.05) is 102 Å². The fraction of sp³-hybridized carbons (Fsp3) is 0.443. The molecule has 22 nitrogen and oxygen atoms in total. The standard InChI is InChI=1S/C70H90N10O10S.2H2O/c1-11-31-88-52-37-53(39-54(38-52)90-66-42-62-61(77(7)70(85)78(62)8)41-60(66)75-91-55-19-22-65(86-9)67(40-55)87-10)89-32-15-14-25-76(6)45-51(81)16-12-13-17-69(84)72-24-26-79-27-29-80(30-28-79)68-23-18-49(44-73-68)50-35-57(58(43-71)59(36-50)74-46(2)3)63(82)21-20-56-48(5)33-47(4)34-64(56)83;;/h18-19,22-23,33,35-44,46,71,74-75H,11-17,20-21,24-32,34,45H2,1-10H3,(H,72,84);2*1H2. The number of nitrogens with one attached hydrogen (secondary N) is 4. The number of hydrogen-bond donors (Lipinski definition) is 4. The first-order valence-corrected chi connectivity index (χ1v) is 32.4. The van der Waals surface area contributed by atoms with Crippen LogP contribution in [0.25, 0.3) is 22.2 Å². The Morgan fingerprint density at radius 2 is 1.47 bits per heavy atom. The van der Waals surface area contributed by atoms with Crippen molar-refractivity contribution in [2.24, 2.45) is 14.1 Å². The number of carbonyl (C=O) groups is 4. The molecular weight excluding hydrogens is 1200 g/mol. The van der Waals surface area contributed by atoms with Crippen LogP contribution in [0.2, 0.25) is 0 Å². The number of amides is 1. The third-order valence-corrected chi connectivity index (χ3v) is 17.0. The Morgan fingerprint density at radius 1 is 0.774 bits per heavy atom. The van der Waals surface area contributed by atoms with E-state index in [0.717, 1.165) is 97.0 Å². The summed E-state index contributed by atoms with van der Waals surface area (Å²) in [6.45, 7) is 16.5. The Bertz CT molecular complexity index is 3680. The predicted octanol–water partition coefficient (Wildman–Crippen LogP) is 10.2. The molecule has 1 aliphatic carbocycles. The van der Waals surface area contributed by atoms with Crippen LogP contribution in [0.15, 0.2) is 111 Å². The summed E-state index contributed by atoms with van der Waals surface area (Å²) in [6.07, 6.45) is 10.5. The average molecular weight is 1300 g/mol. The second kappa shape index (κ2) is 35.5. The Hall–Kier alpha value is -8.48. The summed E-state index contributed by atoms with van der Waals surface area (Å²) in [5.74, 6) is 4.37. The number of anilines is 3. The van der Waals surface area contributed by atoms with Gasteiger partial charge in [-0.25, -0.2) is 9.78 Å². The third kappa shape index (κ3) is 20.3. The summed E-state index contributed by atoms with van der Waals surface area (Å²) in [6, 6.07) is 22.8. The fourth-order valence-electron chi connectivity index (χ4n) is 11.4. The Morgan fingerprint density at radius 3 is 2.14 bits per heavy atom. The molecule has 0 unspecified atom stereocenters. The van der Waals surface area contributed by atoms with Crippen molar-refractivity contribution in [1.82, 2.24) is 29.2 Å². The molecule has 502 valence electrons. The molecule has 2 aromatic heterocycles. The second-order valence-corrected chi connectivity index (χ2v) is 24.7. The van der Waals surface area contributed by atoms with E-state index >= 15 is 0 Å². The Kier molecular flexibility index (Phi) is 28.1. The minimum atomic E-state index is -0.157. The van der Waals surface area contributed by atoms with Crippen LogP contribution in [-0.4, -0.2) is 157 Å². The van der Waals surface area contributed by atoms with Gasteiger partial charge in [0.1, 0.15) is 28.8 Å². The average Bonchev–Trinajstić information content (AvgIpc) is 1.68. The molecule has 1 amide bonds. The van der Waals surface area contributed by atoms with Gasteiger partial charge in [-0.3, -0.25) is 38.1 Å². The highest BCUT2D eigenvalue weighted by molar-refractivity contribution is 8.00. The normalized spacial score (nSPS) is 13.3. The number of ether oxygens (including phenoxy) is 5. The van der Waals surface area contributed by atoms with Gasteiger partial charge in [0.25, 0.3) is 0 Å². The molecule has 93 heavy (non-hydrogen) atoms. The molecule has 0 bridgehead atoms. The minimum absolute atomic E-state index is 0. The number of ketones is 3. The summed E-state index contributed by atoms with van der Waals surface area (Å²) >= 11 is 1.36. The lowest BCUT2D eigenvalue weighted by atomic mass is 9.88. The summed E-state index contributed by atoms with van der Waals surface area (Å²) in [7, 11) is 8.61. The van der Waals surface area contributed by atoms with Crippen LogP contribution in [0, 0.1) is 5.41 Å². The van der Waals surface area contributed by atoms with E-state index in [1.54, 1.807) is 37.4 Å². The number of fused-ring (bicyclic) bond motifs is 1. The van der Waals surface area contributed by atoms with Crippen molar-refractivity contribution >= 4 is 69.6 Å². The van der Waals surface area contributed by atoms with E-state index in [1.807, 2.05) is 132 Å². The van der Waals surface area contributed by atoms with Gasteiger partial charge in [-0.2, -0.15) is 0 Å². The molecule has 8 N–H and O–H groups in total. The molecule has 0 saturated carbocycles. The fourth-order valence-corrected chi connectivity index (χ4v) is 12.1. The van der Waals surface area contributed by atoms with E-state index in [0.29, 0.717) is 133 Å². The number of carbonyl (C=O) groups excluding carboxylic acids is 4. The van der Waals surface area contributed by atoms with Crippen molar-refractivity contribution in [3.63, 3.8) is 0 Å². The van der Waals surface area contributed by atoms with Crippen LogP contribution >= 0.6 is 11.9 Å². The van der Waals surface area contributed by atoms with Gasteiger partial charge in [-0.15, -0.1) is 0 Å². The molecule has 2 aliphatic rings. The van der Waals surface area contributed by atoms with E-state index in [9.17, 15) is 24.0 Å². The number of pyridine rings is 1. The van der Waals surface area contributed by atoms with Crippen molar-refractivity contribution < 1.29 is 53.8 Å². The zero-order chi connectivity index (χ0) is 65.1. The summed E-state index contributed by atoms with van der Waals surface area (Å²) in [5, 5.41) is 14.8. The van der Waals surface area contributed by atoms with E-state index < -0.39 is 0 Å². The maximum absolute atomic E-state index is 13.9. The number of Topliss-reactive ketones (excluding diaryl/α,β-unsaturated/α-hetero) is 3. The lowest BCUT2D eigenvalue weighted by molar-refractivity contribution is -0.122. The van der Waals surface area contributed by atoms with Gasteiger partial charge in [0.05, 0.1) is 50.7 Å². The van der Waals surface area contributed by atoms with Crippen LogP contribution in [0.1, 0.15) is 115 Å². The molecule has 4 aromatic carbocycles. The van der Waals surface area contributed by atoms with Crippen molar-refractivity contribution in [2.45, 2.75) is 110 Å². The van der Waals surface area contributed by atoms with E-state index in [-0.39, 0.29) is 52.4 Å². The highest BCUT2D eigenvalue weighted by atomic mass is 32.2. The zero-order valence-electron chi connectivity index (χ0n) is 55.6. The Labute approximate surface area is 550 Å². The number of imidazole rings is 1. The molecular formula is C70H94N10O12S. The van der Waals surface area contributed by atoms with Gasteiger partial charge in [0.15, 0.2) is 28.8 Å². The molecule has 1 aliphatic heterocycles. The van der Waals surface area contributed by atoms with E-state index in [1.165, 1.54) is 18.2 Å². The van der Waals surface area contributed by atoms with Crippen LogP contribution in [0.4, 0.5) is 17.2 Å². The first kappa shape index (κ1) is 73.6. The van der Waals surface area contributed by atoms with Crippen LogP contribution in [-0.2, 0) is 28.5 Å². The quantitative estimate of drug-likeness (QED) is 0.0124. The maximum atomic E-state index is 13.9. The monoisotopic (exact) mass is 1300 g/mol. The second-order valence-electron chi connectivity index (χ2n) is 23.8. The lowest BCUT2D eigenvalue weighted by Gasteiger charge is -2.35.